The van der Waals surface area contributed by atoms with Crippen LogP contribution in [-0.2, 0) is 4.79 Å². The van der Waals surface area contributed by atoms with Crippen molar-refractivity contribution in [1.29, 1.82) is 5.26 Å². The molecule has 1 N–H and O–H groups in total. The Morgan fingerprint density at radius 1 is 1.33 bits per heavy atom. The number of carboxylic acids is 1. The van der Waals surface area contributed by atoms with Crippen molar-refractivity contribution in [2.24, 2.45) is 0 Å². The minimum absolute atomic E-state index is 0.259. The summed E-state index contributed by atoms with van der Waals surface area (Å²) in [6.07, 6.45) is 1.37. The predicted octanol–water partition coefficient (Wildman–Crippen LogP) is 2.52. The quantitative estimate of drug-likeness (QED) is 0.638. The standard InChI is InChI=1S/C14H16N2O2/c1-3-16(4-2)13-7-5-11(6-8-13)9-12(10-15)14(17)18/h5-9H,3-4H2,1-2H3,(H,17,18)/b12-9+. The largest absolute Gasteiger partial charge is 0.477 e. The Balaban J connectivity index is 2.97. The van der Waals surface area contributed by atoms with Gasteiger partial charge in [-0.1, -0.05) is 12.1 Å². The van der Waals surface area contributed by atoms with E-state index in [-0.39, 0.29) is 5.57 Å². The molecule has 0 fully saturated rings. The molecular formula is C14H16N2O2. The van der Waals surface area contributed by atoms with E-state index in [2.05, 4.69) is 18.7 Å². The molecule has 0 spiro atoms. The Bertz CT molecular complexity index is 480. The zero-order chi connectivity index (χ0) is 13.5. The summed E-state index contributed by atoms with van der Waals surface area (Å²) in [6, 6.07) is 9.14. The molecule has 0 aliphatic rings. The fraction of sp³-hybridized carbons (Fsp3) is 0.286. The van der Waals surface area contributed by atoms with Gasteiger partial charge in [-0.15, -0.1) is 0 Å². The summed E-state index contributed by atoms with van der Waals surface area (Å²) in [5.41, 5.74) is 1.54. The monoisotopic (exact) mass is 244 g/mol. The number of carboxylic acid groups (broad SMARTS) is 1. The lowest BCUT2D eigenvalue weighted by Gasteiger charge is -2.20. The van der Waals surface area contributed by atoms with Gasteiger partial charge in [0, 0.05) is 18.8 Å². The van der Waals surface area contributed by atoms with Gasteiger partial charge in [0.2, 0.25) is 0 Å². The van der Waals surface area contributed by atoms with Crippen LogP contribution >= 0.6 is 0 Å². The summed E-state index contributed by atoms with van der Waals surface area (Å²) < 4.78 is 0. The third kappa shape index (κ3) is 3.36. The van der Waals surface area contributed by atoms with Crippen LogP contribution in [0.2, 0.25) is 0 Å². The second-order valence-corrected chi connectivity index (χ2v) is 3.74. The van der Waals surface area contributed by atoms with Gasteiger partial charge in [0.05, 0.1) is 0 Å². The first-order chi connectivity index (χ1) is 8.62. The molecule has 0 aliphatic carbocycles. The molecular weight excluding hydrogens is 228 g/mol. The number of hydrogen-bond acceptors (Lipinski definition) is 3. The van der Waals surface area contributed by atoms with Crippen LogP contribution in [0.5, 0.6) is 0 Å². The van der Waals surface area contributed by atoms with Gasteiger partial charge in [0.15, 0.2) is 0 Å². The molecule has 0 saturated carbocycles. The van der Waals surface area contributed by atoms with E-state index in [4.69, 9.17) is 10.4 Å². The second-order valence-electron chi connectivity index (χ2n) is 3.74. The average Bonchev–Trinajstić information content (AvgIpc) is 2.38. The SMILES string of the molecule is CCN(CC)c1ccc(/C=C(\C#N)C(=O)O)cc1. The van der Waals surface area contributed by atoms with Crippen LogP contribution in [0.4, 0.5) is 5.69 Å². The van der Waals surface area contributed by atoms with Gasteiger partial charge in [-0.3, -0.25) is 0 Å². The van der Waals surface area contributed by atoms with E-state index in [1.54, 1.807) is 6.07 Å². The van der Waals surface area contributed by atoms with Crippen LogP contribution in [-0.4, -0.2) is 24.2 Å². The molecule has 0 atom stereocenters. The number of anilines is 1. The Morgan fingerprint density at radius 3 is 2.28 bits per heavy atom. The molecule has 18 heavy (non-hydrogen) atoms. The Morgan fingerprint density at radius 2 is 1.89 bits per heavy atom. The van der Waals surface area contributed by atoms with E-state index in [0.29, 0.717) is 5.56 Å². The van der Waals surface area contributed by atoms with Gasteiger partial charge in [-0.2, -0.15) is 5.26 Å². The summed E-state index contributed by atoms with van der Waals surface area (Å²) in [5.74, 6) is -1.20. The van der Waals surface area contributed by atoms with E-state index in [1.807, 2.05) is 24.3 Å². The molecule has 94 valence electrons. The summed E-state index contributed by atoms with van der Waals surface area (Å²) in [5, 5.41) is 17.4. The van der Waals surface area contributed by atoms with Gasteiger partial charge in [-0.25, -0.2) is 4.79 Å². The number of benzene rings is 1. The molecule has 4 heteroatoms. The van der Waals surface area contributed by atoms with Crippen molar-refractivity contribution in [3.05, 3.63) is 35.4 Å². The lowest BCUT2D eigenvalue weighted by atomic mass is 10.1. The van der Waals surface area contributed by atoms with Crippen LogP contribution in [0, 0.1) is 11.3 Å². The zero-order valence-corrected chi connectivity index (χ0v) is 10.6. The summed E-state index contributed by atoms with van der Waals surface area (Å²) in [4.78, 5) is 12.9. The maximum absolute atomic E-state index is 10.7. The van der Waals surface area contributed by atoms with Crippen molar-refractivity contribution in [1.82, 2.24) is 0 Å². The van der Waals surface area contributed by atoms with Crippen molar-refractivity contribution < 1.29 is 9.90 Å². The van der Waals surface area contributed by atoms with Crippen LogP contribution in [0.1, 0.15) is 19.4 Å². The molecule has 0 heterocycles. The van der Waals surface area contributed by atoms with Crippen LogP contribution in [0.15, 0.2) is 29.8 Å². The smallest absolute Gasteiger partial charge is 0.346 e. The highest BCUT2D eigenvalue weighted by Gasteiger charge is 2.06. The number of rotatable bonds is 5. The number of hydrogen-bond donors (Lipinski definition) is 1. The molecule has 4 nitrogen and oxygen atoms in total. The molecule has 1 rings (SSSR count). The fourth-order valence-electron chi connectivity index (χ4n) is 1.68. The summed E-state index contributed by atoms with van der Waals surface area (Å²) in [7, 11) is 0. The number of carbonyl (C=O) groups is 1. The number of nitrogens with zero attached hydrogens (tertiary/aromatic N) is 2. The molecule has 0 radical (unpaired) electrons. The van der Waals surface area contributed by atoms with Crippen molar-refractivity contribution >= 4 is 17.7 Å². The third-order valence-electron chi connectivity index (χ3n) is 2.68. The molecule has 0 aromatic heterocycles. The summed E-state index contributed by atoms with van der Waals surface area (Å²) >= 11 is 0. The lowest BCUT2D eigenvalue weighted by Crippen LogP contribution is -2.21. The average molecular weight is 244 g/mol. The first-order valence-corrected chi connectivity index (χ1v) is 5.82. The maximum Gasteiger partial charge on any atom is 0.346 e. The minimum atomic E-state index is -1.20. The van der Waals surface area contributed by atoms with Gasteiger partial charge in [0.1, 0.15) is 11.6 Å². The normalized spacial score (nSPS) is 10.8. The van der Waals surface area contributed by atoms with E-state index in [1.165, 1.54) is 6.08 Å². The number of nitriles is 1. The van der Waals surface area contributed by atoms with Crippen LogP contribution in [0.25, 0.3) is 6.08 Å². The molecule has 0 aliphatic heterocycles. The minimum Gasteiger partial charge on any atom is -0.477 e. The first-order valence-electron chi connectivity index (χ1n) is 5.82. The van der Waals surface area contributed by atoms with Gasteiger partial charge in [-0.05, 0) is 37.6 Å². The highest BCUT2D eigenvalue weighted by molar-refractivity contribution is 5.96. The molecule has 1 aromatic carbocycles. The van der Waals surface area contributed by atoms with Gasteiger partial charge >= 0.3 is 5.97 Å². The van der Waals surface area contributed by atoms with Crippen LogP contribution in [0.3, 0.4) is 0 Å². The highest BCUT2D eigenvalue weighted by atomic mass is 16.4. The van der Waals surface area contributed by atoms with E-state index in [0.717, 1.165) is 18.8 Å². The number of aliphatic carboxylic acids is 1. The molecule has 0 unspecified atom stereocenters. The van der Waals surface area contributed by atoms with E-state index in [9.17, 15) is 4.79 Å². The Kier molecular flexibility index (Phi) is 4.94. The zero-order valence-electron chi connectivity index (χ0n) is 10.6. The predicted molar refractivity (Wildman–Crippen MR) is 71.2 cm³/mol. The molecule has 0 bridgehead atoms. The maximum atomic E-state index is 10.7. The van der Waals surface area contributed by atoms with Crippen molar-refractivity contribution in [3.63, 3.8) is 0 Å². The summed E-state index contributed by atoms with van der Waals surface area (Å²) in [6.45, 7) is 6.00. The van der Waals surface area contributed by atoms with Crippen LogP contribution < -0.4 is 4.90 Å². The first kappa shape index (κ1) is 13.8. The second kappa shape index (κ2) is 6.45. The topological polar surface area (TPSA) is 64.3 Å². The Labute approximate surface area is 107 Å². The lowest BCUT2D eigenvalue weighted by molar-refractivity contribution is -0.132. The van der Waals surface area contributed by atoms with Crippen molar-refractivity contribution in [2.45, 2.75) is 13.8 Å². The highest BCUT2D eigenvalue weighted by Crippen LogP contribution is 2.16. The van der Waals surface area contributed by atoms with Crippen molar-refractivity contribution in [2.75, 3.05) is 18.0 Å². The third-order valence-corrected chi connectivity index (χ3v) is 2.68. The molecule has 0 saturated heterocycles. The van der Waals surface area contributed by atoms with E-state index >= 15 is 0 Å². The Hall–Kier alpha value is -2.28. The van der Waals surface area contributed by atoms with Gasteiger partial charge < -0.3 is 10.0 Å². The van der Waals surface area contributed by atoms with E-state index < -0.39 is 5.97 Å². The van der Waals surface area contributed by atoms with Crippen molar-refractivity contribution in [3.8, 4) is 6.07 Å². The molecule has 0 amide bonds. The molecule has 1 aromatic rings. The fourth-order valence-corrected chi connectivity index (χ4v) is 1.68. The van der Waals surface area contributed by atoms with Gasteiger partial charge in [0.25, 0.3) is 0 Å².